The Morgan fingerprint density at radius 1 is 0.698 bits per heavy atom. The van der Waals surface area contributed by atoms with Crippen molar-refractivity contribution in [2.24, 2.45) is 10.2 Å². The molecular weight excluding hydrogens is 829 g/mol. The van der Waals surface area contributed by atoms with E-state index >= 15 is 0 Å². The van der Waals surface area contributed by atoms with Crippen molar-refractivity contribution < 1.29 is 44.7 Å². The number of carbonyl (C=O) groups is 4. The standard InChI is InChI=1S/C45H44N8O9S/c54-40(48-22-6-3-10-38(45(61)62)52(27-42(56)57)28-43(58)59)11-7-23-53-41(55)26-39(44(53)60)63-33-18-16-32(17-19-33)51-50-31-14-12-29(13-15-31)30-24-36(34-8-1-4-20-46-34)49-37(25-30)35-9-2-5-21-47-35/h1-2,4-5,8-9,12-21,24-26,38,55,60H,3,6-7,10-11,22-23,27-28H2,(H,48,54)(H,56,57)(H,58,59)(H,61,62). The molecule has 0 radical (unpaired) electrons. The first-order valence-corrected chi connectivity index (χ1v) is 20.7. The summed E-state index contributed by atoms with van der Waals surface area (Å²) < 4.78 is 1.31. The highest BCUT2D eigenvalue weighted by atomic mass is 32.2. The number of carbonyl (C=O) groups excluding carboxylic acids is 1. The molecule has 17 nitrogen and oxygen atoms in total. The Balaban J connectivity index is 0.972. The Kier molecular flexibility index (Phi) is 15.7. The van der Waals surface area contributed by atoms with Gasteiger partial charge in [0.15, 0.2) is 5.88 Å². The number of unbranched alkanes of at least 4 members (excludes halogenated alkanes) is 1. The van der Waals surface area contributed by atoms with Crippen molar-refractivity contribution in [3.63, 3.8) is 0 Å². The molecular formula is C45H44N8O9S. The Morgan fingerprint density at radius 2 is 1.29 bits per heavy atom. The molecule has 0 saturated carbocycles. The maximum absolute atomic E-state index is 12.4. The number of aromatic nitrogens is 4. The summed E-state index contributed by atoms with van der Waals surface area (Å²) in [5, 5.41) is 60.5. The Labute approximate surface area is 365 Å². The van der Waals surface area contributed by atoms with Crippen molar-refractivity contribution in [2.45, 2.75) is 54.5 Å². The van der Waals surface area contributed by atoms with Crippen LogP contribution in [0.5, 0.6) is 11.8 Å². The molecule has 0 aliphatic carbocycles. The lowest BCUT2D eigenvalue weighted by Crippen LogP contribution is -2.46. The highest BCUT2D eigenvalue weighted by Crippen LogP contribution is 2.40. The Bertz CT molecular complexity index is 2470. The van der Waals surface area contributed by atoms with Gasteiger partial charge in [-0.25, -0.2) is 4.98 Å². The van der Waals surface area contributed by atoms with Gasteiger partial charge in [-0.3, -0.25) is 38.6 Å². The molecule has 2 aromatic carbocycles. The number of rotatable bonds is 22. The number of carboxylic acids is 3. The number of azo groups is 1. The van der Waals surface area contributed by atoms with Crippen LogP contribution in [0.2, 0.25) is 0 Å². The molecule has 4 aromatic heterocycles. The van der Waals surface area contributed by atoms with E-state index in [1.54, 1.807) is 24.5 Å². The lowest BCUT2D eigenvalue weighted by molar-refractivity contribution is -0.149. The highest BCUT2D eigenvalue weighted by molar-refractivity contribution is 7.99. The van der Waals surface area contributed by atoms with E-state index in [0.717, 1.165) is 43.7 Å². The van der Waals surface area contributed by atoms with E-state index in [1.807, 2.05) is 84.9 Å². The Morgan fingerprint density at radius 3 is 1.83 bits per heavy atom. The molecule has 1 unspecified atom stereocenters. The van der Waals surface area contributed by atoms with Crippen molar-refractivity contribution in [3.8, 4) is 45.7 Å². The van der Waals surface area contributed by atoms with Gasteiger partial charge in [0.25, 0.3) is 0 Å². The third-order valence-electron chi connectivity index (χ3n) is 9.65. The average Bonchev–Trinajstić information content (AvgIpc) is 3.54. The number of hydrogen-bond acceptors (Lipinski definition) is 13. The zero-order valence-corrected chi connectivity index (χ0v) is 34.6. The topological polar surface area (TPSA) is 253 Å². The third kappa shape index (κ3) is 13.0. The summed E-state index contributed by atoms with van der Waals surface area (Å²) in [6.45, 7) is -1.07. The SMILES string of the molecule is O=C(O)CN(CC(=O)O)C(CCCCNC(=O)CCCn1c(O)cc(Sc2ccc(N=Nc3ccc(-c4cc(-c5ccccn5)nc(-c5ccccn5)c4)cc3)cc2)c1O)C(=O)O. The van der Waals surface area contributed by atoms with E-state index < -0.39 is 37.0 Å². The van der Waals surface area contributed by atoms with E-state index in [4.69, 9.17) is 15.2 Å². The van der Waals surface area contributed by atoms with Crippen LogP contribution in [0.4, 0.5) is 11.4 Å². The van der Waals surface area contributed by atoms with E-state index in [2.05, 4.69) is 25.5 Å². The number of hydrogen-bond donors (Lipinski definition) is 6. The van der Waals surface area contributed by atoms with Crippen molar-refractivity contribution in [1.29, 1.82) is 0 Å². The number of carboxylic acid groups (broad SMARTS) is 3. The number of nitrogens with one attached hydrogen (secondary N) is 1. The molecule has 63 heavy (non-hydrogen) atoms. The fraction of sp³-hybridized carbons (Fsp3) is 0.222. The molecule has 0 aliphatic heterocycles. The fourth-order valence-corrected chi connectivity index (χ4v) is 7.48. The van der Waals surface area contributed by atoms with E-state index in [0.29, 0.717) is 35.5 Å². The summed E-state index contributed by atoms with van der Waals surface area (Å²) in [5.41, 5.74) is 6.15. The number of nitrogens with zero attached hydrogens (tertiary/aromatic N) is 7. The maximum atomic E-state index is 12.4. The van der Waals surface area contributed by atoms with Gasteiger partial charge in [0.05, 0.1) is 52.1 Å². The quantitative estimate of drug-likeness (QED) is 0.0283. The minimum absolute atomic E-state index is 0.00286. The molecule has 0 saturated heterocycles. The molecule has 6 aromatic rings. The minimum atomic E-state index is -1.34. The minimum Gasteiger partial charge on any atom is -0.494 e. The summed E-state index contributed by atoms with van der Waals surface area (Å²) >= 11 is 1.24. The van der Waals surface area contributed by atoms with Gasteiger partial charge in [-0.15, -0.1) is 0 Å². The number of pyridine rings is 3. The number of benzene rings is 2. The lowest BCUT2D eigenvalue weighted by Gasteiger charge is -2.25. The van der Waals surface area contributed by atoms with Crippen LogP contribution in [0.15, 0.2) is 136 Å². The van der Waals surface area contributed by atoms with Crippen molar-refractivity contribution in [3.05, 3.63) is 116 Å². The molecule has 0 aliphatic rings. The fourth-order valence-electron chi connectivity index (χ4n) is 6.59. The van der Waals surface area contributed by atoms with Gasteiger partial charge in [-0.2, -0.15) is 10.2 Å². The van der Waals surface area contributed by atoms with Gasteiger partial charge in [-0.05, 0) is 110 Å². The van der Waals surface area contributed by atoms with Gasteiger partial charge in [0.2, 0.25) is 11.8 Å². The lowest BCUT2D eigenvalue weighted by atomic mass is 10.0. The summed E-state index contributed by atoms with van der Waals surface area (Å²) in [5.74, 6) is -4.60. The molecule has 0 bridgehead atoms. The van der Waals surface area contributed by atoms with Gasteiger partial charge in [-0.1, -0.05) is 36.0 Å². The first-order chi connectivity index (χ1) is 30.4. The van der Waals surface area contributed by atoms with Gasteiger partial charge >= 0.3 is 17.9 Å². The summed E-state index contributed by atoms with van der Waals surface area (Å²) in [4.78, 5) is 62.2. The number of aromatic hydroxyl groups is 2. The van der Waals surface area contributed by atoms with Crippen molar-refractivity contribution in [2.75, 3.05) is 19.6 Å². The van der Waals surface area contributed by atoms with E-state index in [1.165, 1.54) is 22.4 Å². The van der Waals surface area contributed by atoms with Crippen LogP contribution in [-0.2, 0) is 25.7 Å². The number of aliphatic carboxylic acids is 3. The van der Waals surface area contributed by atoms with E-state index in [9.17, 15) is 34.5 Å². The first kappa shape index (κ1) is 45.1. The highest BCUT2D eigenvalue weighted by Gasteiger charge is 2.28. The summed E-state index contributed by atoms with van der Waals surface area (Å²) in [6, 6.07) is 30.5. The third-order valence-corrected chi connectivity index (χ3v) is 10.7. The maximum Gasteiger partial charge on any atom is 0.320 e. The van der Waals surface area contributed by atoms with E-state index in [-0.39, 0.29) is 43.6 Å². The normalized spacial score (nSPS) is 11.8. The summed E-state index contributed by atoms with van der Waals surface area (Å²) in [7, 11) is 0. The largest absolute Gasteiger partial charge is 0.494 e. The van der Waals surface area contributed by atoms with Crippen LogP contribution in [-0.4, -0.2) is 99.4 Å². The Hall–Kier alpha value is -7.44. The zero-order valence-electron chi connectivity index (χ0n) is 33.8. The van der Waals surface area contributed by atoms with Crippen molar-refractivity contribution in [1.82, 2.24) is 29.7 Å². The predicted molar refractivity (Wildman–Crippen MR) is 233 cm³/mol. The molecule has 1 amide bonds. The van der Waals surface area contributed by atoms with Crippen LogP contribution >= 0.6 is 11.8 Å². The molecule has 18 heteroatoms. The second-order valence-corrected chi connectivity index (χ2v) is 15.4. The molecule has 4 heterocycles. The van der Waals surface area contributed by atoms with Crippen LogP contribution in [0.3, 0.4) is 0 Å². The molecule has 0 spiro atoms. The smallest absolute Gasteiger partial charge is 0.320 e. The average molecular weight is 873 g/mol. The second kappa shape index (κ2) is 21.9. The van der Waals surface area contributed by atoms with Crippen LogP contribution in [0.1, 0.15) is 32.1 Å². The predicted octanol–water partition coefficient (Wildman–Crippen LogP) is 7.64. The van der Waals surface area contributed by atoms with Crippen LogP contribution in [0, 0.1) is 0 Å². The molecule has 0 fully saturated rings. The van der Waals surface area contributed by atoms with Crippen LogP contribution in [0.25, 0.3) is 33.9 Å². The summed E-state index contributed by atoms with van der Waals surface area (Å²) in [6.07, 6.45) is 4.56. The monoisotopic (exact) mass is 872 g/mol. The first-order valence-electron chi connectivity index (χ1n) is 19.9. The molecule has 6 N–H and O–H groups in total. The zero-order chi connectivity index (χ0) is 44.7. The molecule has 6 rings (SSSR count). The van der Waals surface area contributed by atoms with Gasteiger partial charge < -0.3 is 30.8 Å². The van der Waals surface area contributed by atoms with Crippen molar-refractivity contribution >= 4 is 47.0 Å². The van der Waals surface area contributed by atoms with Crippen LogP contribution < -0.4 is 5.32 Å². The second-order valence-electron chi connectivity index (χ2n) is 14.2. The van der Waals surface area contributed by atoms with Gasteiger partial charge in [0, 0.05) is 42.9 Å². The number of amides is 1. The molecule has 1 atom stereocenters. The van der Waals surface area contributed by atoms with Gasteiger partial charge in [0.1, 0.15) is 6.04 Å². The molecule has 324 valence electrons.